The van der Waals surface area contributed by atoms with Crippen LogP contribution < -0.4 is 10.2 Å². The molecule has 0 radical (unpaired) electrons. The van der Waals surface area contributed by atoms with Crippen molar-refractivity contribution >= 4 is 28.3 Å². The molecule has 0 atom stereocenters. The maximum Gasteiger partial charge on any atom is 0.258 e. The zero-order valence-corrected chi connectivity index (χ0v) is 19.2. The number of carbonyl (C=O) groups excluding carboxylic acids is 1. The Balaban J connectivity index is 0.00000306. The van der Waals surface area contributed by atoms with Gasteiger partial charge in [0.1, 0.15) is 18.4 Å². The molecule has 10 nitrogen and oxygen atoms in total. The van der Waals surface area contributed by atoms with Crippen LogP contribution in [-0.2, 0) is 21.4 Å². The van der Waals surface area contributed by atoms with Gasteiger partial charge >= 0.3 is 0 Å². The van der Waals surface area contributed by atoms with E-state index in [1.54, 1.807) is 47.4 Å². The average Bonchev–Trinajstić information content (AvgIpc) is 3.48. The van der Waals surface area contributed by atoms with Crippen LogP contribution in [0.25, 0.3) is 5.69 Å². The molecule has 1 amide bonds. The SMILES string of the molecule is Cl.O=C(CN(Cc1ccc(-n2cncn2)cc1)S(=O)(=O)c1ccc(OCC2CC2)cc1)NO. The van der Waals surface area contributed by atoms with Crippen molar-refractivity contribution in [2.75, 3.05) is 13.2 Å². The highest BCUT2D eigenvalue weighted by atomic mass is 35.5. The Morgan fingerprint density at radius 2 is 1.85 bits per heavy atom. The number of sulfonamides is 1. The number of hydrogen-bond acceptors (Lipinski definition) is 7. The molecule has 1 saturated carbocycles. The van der Waals surface area contributed by atoms with Gasteiger partial charge in [0.15, 0.2) is 0 Å². The number of rotatable bonds is 10. The molecular formula is C21H24ClN5O5S. The van der Waals surface area contributed by atoms with E-state index in [0.29, 0.717) is 23.8 Å². The quantitative estimate of drug-likeness (QED) is 0.327. The summed E-state index contributed by atoms with van der Waals surface area (Å²) in [4.78, 5) is 15.7. The first-order valence-corrected chi connectivity index (χ1v) is 11.5. The summed E-state index contributed by atoms with van der Waals surface area (Å²) in [5.74, 6) is 0.346. The van der Waals surface area contributed by atoms with Crippen LogP contribution in [0.5, 0.6) is 5.75 Å². The van der Waals surface area contributed by atoms with Gasteiger partial charge in [0.05, 0.1) is 23.7 Å². The second kappa shape index (κ2) is 10.8. The number of hydroxylamine groups is 1. The van der Waals surface area contributed by atoms with E-state index < -0.39 is 22.5 Å². The predicted molar refractivity (Wildman–Crippen MR) is 121 cm³/mol. The lowest BCUT2D eigenvalue weighted by Gasteiger charge is -2.21. The van der Waals surface area contributed by atoms with E-state index in [4.69, 9.17) is 9.94 Å². The number of nitrogens with one attached hydrogen (secondary N) is 1. The molecule has 12 heteroatoms. The number of carbonyl (C=O) groups is 1. The molecule has 0 spiro atoms. The fourth-order valence-corrected chi connectivity index (χ4v) is 4.46. The Hall–Kier alpha value is -2.99. The number of aromatic nitrogens is 3. The minimum atomic E-state index is -4.02. The molecule has 3 aromatic rings. The van der Waals surface area contributed by atoms with Crippen molar-refractivity contribution in [2.24, 2.45) is 5.92 Å². The highest BCUT2D eigenvalue weighted by Gasteiger charge is 2.27. The number of benzene rings is 2. The lowest BCUT2D eigenvalue weighted by Crippen LogP contribution is -2.39. The van der Waals surface area contributed by atoms with Gasteiger partial charge in [-0.2, -0.15) is 9.40 Å². The van der Waals surface area contributed by atoms with Crippen LogP contribution in [0.3, 0.4) is 0 Å². The Bertz CT molecular complexity index is 1150. The molecule has 4 rings (SSSR count). The molecule has 33 heavy (non-hydrogen) atoms. The van der Waals surface area contributed by atoms with Gasteiger partial charge in [-0.3, -0.25) is 10.0 Å². The van der Waals surface area contributed by atoms with Crippen LogP contribution in [0, 0.1) is 5.92 Å². The number of amides is 1. The third-order valence-corrected chi connectivity index (χ3v) is 6.87. The van der Waals surface area contributed by atoms with Gasteiger partial charge in [-0.1, -0.05) is 12.1 Å². The van der Waals surface area contributed by atoms with Crippen LogP contribution in [0.2, 0.25) is 0 Å². The molecule has 0 bridgehead atoms. The zero-order chi connectivity index (χ0) is 22.6. The maximum atomic E-state index is 13.2. The van der Waals surface area contributed by atoms with Gasteiger partial charge in [0.2, 0.25) is 10.0 Å². The zero-order valence-electron chi connectivity index (χ0n) is 17.6. The number of ether oxygens (including phenoxy) is 1. The van der Waals surface area contributed by atoms with E-state index in [-0.39, 0.29) is 23.8 Å². The minimum absolute atomic E-state index is 0. The first-order chi connectivity index (χ1) is 15.5. The standard InChI is InChI=1S/C21H23N5O5S.ClH/c27-21(24-28)12-25(11-16-3-5-18(6-4-16)26-15-22-14-23-26)32(29,30)20-9-7-19(8-10-20)31-13-17-1-2-17;/h3-10,14-15,17,28H,1-2,11-13H2,(H,24,27);1H. The lowest BCUT2D eigenvalue weighted by molar-refractivity contribution is -0.129. The summed E-state index contributed by atoms with van der Waals surface area (Å²) in [6.45, 7) is 0.0242. The second-order valence-electron chi connectivity index (χ2n) is 7.54. The lowest BCUT2D eigenvalue weighted by atomic mass is 10.2. The number of nitrogens with zero attached hydrogens (tertiary/aromatic N) is 4. The monoisotopic (exact) mass is 493 g/mol. The Kier molecular flexibility index (Phi) is 8.03. The molecule has 0 unspecified atom stereocenters. The number of halogens is 1. The van der Waals surface area contributed by atoms with Gasteiger partial charge in [-0.25, -0.2) is 23.6 Å². The molecule has 1 heterocycles. The van der Waals surface area contributed by atoms with Crippen molar-refractivity contribution in [3.8, 4) is 11.4 Å². The van der Waals surface area contributed by atoms with Gasteiger partial charge in [0.25, 0.3) is 5.91 Å². The van der Waals surface area contributed by atoms with Crippen LogP contribution >= 0.6 is 12.4 Å². The Labute approximate surface area is 197 Å². The molecule has 2 aromatic carbocycles. The molecule has 176 valence electrons. The molecule has 0 aliphatic heterocycles. The van der Waals surface area contributed by atoms with Gasteiger partial charge in [0, 0.05) is 6.54 Å². The summed E-state index contributed by atoms with van der Waals surface area (Å²) in [7, 11) is -4.02. The smallest absolute Gasteiger partial charge is 0.258 e. The predicted octanol–water partition coefficient (Wildman–Crippen LogP) is 2.17. The van der Waals surface area contributed by atoms with Crippen LogP contribution in [0.4, 0.5) is 0 Å². The first kappa shape index (κ1) is 24.6. The summed E-state index contributed by atoms with van der Waals surface area (Å²) in [5.41, 5.74) is 2.91. The van der Waals surface area contributed by atoms with E-state index in [1.165, 1.54) is 23.9 Å². The third-order valence-electron chi connectivity index (χ3n) is 5.07. The molecule has 1 aromatic heterocycles. The molecule has 1 aliphatic rings. The molecule has 1 fully saturated rings. The largest absolute Gasteiger partial charge is 0.493 e. The van der Waals surface area contributed by atoms with Crippen molar-refractivity contribution in [3.05, 3.63) is 66.7 Å². The summed E-state index contributed by atoms with van der Waals surface area (Å²) < 4.78 is 34.7. The van der Waals surface area contributed by atoms with Gasteiger partial charge < -0.3 is 4.74 Å². The topological polar surface area (TPSA) is 127 Å². The van der Waals surface area contributed by atoms with E-state index in [2.05, 4.69) is 10.1 Å². The normalized spacial score (nSPS) is 13.4. The molecule has 2 N–H and O–H groups in total. The molecular weight excluding hydrogens is 470 g/mol. The van der Waals surface area contributed by atoms with Crippen molar-refractivity contribution in [1.29, 1.82) is 0 Å². The Morgan fingerprint density at radius 1 is 1.15 bits per heavy atom. The van der Waals surface area contributed by atoms with Crippen LogP contribution in [0.1, 0.15) is 18.4 Å². The maximum absolute atomic E-state index is 13.2. The van der Waals surface area contributed by atoms with Crippen molar-refractivity contribution in [3.63, 3.8) is 0 Å². The van der Waals surface area contributed by atoms with E-state index in [9.17, 15) is 13.2 Å². The summed E-state index contributed by atoms with van der Waals surface area (Å²) in [5, 5.41) is 13.0. The number of hydrogen-bond donors (Lipinski definition) is 2. The van der Waals surface area contributed by atoms with Crippen molar-refractivity contribution in [2.45, 2.75) is 24.3 Å². The second-order valence-corrected chi connectivity index (χ2v) is 9.48. The van der Waals surface area contributed by atoms with E-state index in [0.717, 1.165) is 22.8 Å². The van der Waals surface area contributed by atoms with E-state index in [1.807, 2.05) is 0 Å². The average molecular weight is 494 g/mol. The van der Waals surface area contributed by atoms with Gasteiger partial charge in [-0.15, -0.1) is 12.4 Å². The van der Waals surface area contributed by atoms with Crippen LogP contribution in [0.15, 0.2) is 66.1 Å². The minimum Gasteiger partial charge on any atom is -0.493 e. The van der Waals surface area contributed by atoms with Crippen molar-refractivity contribution < 1.29 is 23.2 Å². The van der Waals surface area contributed by atoms with Crippen LogP contribution in [-0.4, -0.2) is 51.8 Å². The van der Waals surface area contributed by atoms with Crippen molar-refractivity contribution in [1.82, 2.24) is 24.5 Å². The van der Waals surface area contributed by atoms with Gasteiger partial charge in [-0.05, 0) is 60.7 Å². The molecule has 0 saturated heterocycles. The highest BCUT2D eigenvalue weighted by Crippen LogP contribution is 2.30. The third kappa shape index (κ3) is 6.29. The summed E-state index contributed by atoms with van der Waals surface area (Å²) >= 11 is 0. The highest BCUT2D eigenvalue weighted by molar-refractivity contribution is 7.89. The summed E-state index contributed by atoms with van der Waals surface area (Å²) in [6, 6.07) is 13.1. The first-order valence-electron chi connectivity index (χ1n) is 10.1. The molecule has 1 aliphatic carbocycles. The Morgan fingerprint density at radius 3 is 2.42 bits per heavy atom. The fraction of sp³-hybridized carbons (Fsp3) is 0.286. The summed E-state index contributed by atoms with van der Waals surface area (Å²) in [6.07, 6.45) is 5.29. The van der Waals surface area contributed by atoms with E-state index >= 15 is 0 Å². The fourth-order valence-electron chi connectivity index (χ4n) is 3.08.